The van der Waals surface area contributed by atoms with Gasteiger partial charge in [-0.15, -0.1) is 0 Å². The van der Waals surface area contributed by atoms with Crippen molar-refractivity contribution in [3.63, 3.8) is 0 Å². The molecule has 2 heterocycles. The summed E-state index contributed by atoms with van der Waals surface area (Å²) in [7, 11) is 0. The van der Waals surface area contributed by atoms with E-state index in [1.165, 1.54) is 6.20 Å². The van der Waals surface area contributed by atoms with Gasteiger partial charge in [0.1, 0.15) is 11.4 Å². The van der Waals surface area contributed by atoms with Crippen LogP contribution in [0, 0.1) is 6.92 Å². The number of hydrogen-bond donors (Lipinski definition) is 2. The Bertz CT molecular complexity index is 571. The second-order valence-corrected chi connectivity index (χ2v) is 3.45. The van der Waals surface area contributed by atoms with Gasteiger partial charge in [0.05, 0.1) is 6.20 Å². The Balaban J connectivity index is 2.31. The first kappa shape index (κ1) is 11.8. The number of aromatic nitrogens is 3. The van der Waals surface area contributed by atoms with Gasteiger partial charge in [0.25, 0.3) is 0 Å². The molecule has 7 heteroatoms. The highest BCUT2D eigenvalue weighted by atomic mass is 16.5. The van der Waals surface area contributed by atoms with E-state index in [4.69, 9.17) is 15.7 Å². The molecule has 2 rings (SSSR count). The van der Waals surface area contributed by atoms with E-state index in [0.29, 0.717) is 17.1 Å². The smallest absolute Gasteiger partial charge is 0.322 e. The van der Waals surface area contributed by atoms with Crippen LogP contribution >= 0.6 is 0 Å². The van der Waals surface area contributed by atoms with Crippen LogP contribution in [-0.4, -0.2) is 26.0 Å². The molecule has 0 atom stereocenters. The number of nitrogens with two attached hydrogens (primary N) is 1. The van der Waals surface area contributed by atoms with Crippen LogP contribution in [0.3, 0.4) is 0 Å². The predicted octanol–water partition coefficient (Wildman–Crippen LogP) is 1.07. The first-order valence-corrected chi connectivity index (χ1v) is 5.10. The van der Waals surface area contributed by atoms with Crippen LogP contribution in [0.2, 0.25) is 0 Å². The van der Waals surface area contributed by atoms with Gasteiger partial charge < -0.3 is 15.7 Å². The highest BCUT2D eigenvalue weighted by Crippen LogP contribution is 2.16. The summed E-state index contributed by atoms with van der Waals surface area (Å²) in [6.45, 7) is 1.76. The van der Waals surface area contributed by atoms with Crippen molar-refractivity contribution in [2.75, 3.05) is 0 Å². The Morgan fingerprint density at radius 3 is 2.94 bits per heavy atom. The number of amidine groups is 1. The second-order valence-electron chi connectivity index (χ2n) is 3.45. The quantitative estimate of drug-likeness (QED) is 0.362. The standard InChI is InChI=1S/C11H11N5O2/c1-7-5-9(10(12)16-17)15-11(14-7)18-8-3-2-4-13-6-8/h2-6,17H,1H3,(H2,12,16). The zero-order valence-electron chi connectivity index (χ0n) is 9.61. The zero-order valence-corrected chi connectivity index (χ0v) is 9.61. The van der Waals surface area contributed by atoms with Gasteiger partial charge in [-0.3, -0.25) is 4.98 Å². The van der Waals surface area contributed by atoms with Crippen LogP contribution in [0.15, 0.2) is 35.7 Å². The molecule has 0 aromatic carbocycles. The molecule has 18 heavy (non-hydrogen) atoms. The van der Waals surface area contributed by atoms with Crippen LogP contribution in [0.25, 0.3) is 0 Å². The molecule has 0 saturated heterocycles. The molecule has 7 nitrogen and oxygen atoms in total. The van der Waals surface area contributed by atoms with Gasteiger partial charge in [0.15, 0.2) is 5.84 Å². The summed E-state index contributed by atoms with van der Waals surface area (Å²) < 4.78 is 5.42. The van der Waals surface area contributed by atoms with Crippen LogP contribution in [0.4, 0.5) is 0 Å². The van der Waals surface area contributed by atoms with Crippen LogP contribution in [-0.2, 0) is 0 Å². The van der Waals surface area contributed by atoms with Crippen molar-refractivity contribution in [2.24, 2.45) is 10.9 Å². The zero-order chi connectivity index (χ0) is 13.0. The van der Waals surface area contributed by atoms with Crippen molar-refractivity contribution >= 4 is 5.84 Å². The summed E-state index contributed by atoms with van der Waals surface area (Å²) in [5.41, 5.74) is 6.41. The molecule has 0 saturated carbocycles. The van der Waals surface area contributed by atoms with Gasteiger partial charge in [-0.2, -0.15) is 4.98 Å². The van der Waals surface area contributed by atoms with Crippen LogP contribution < -0.4 is 10.5 Å². The second kappa shape index (κ2) is 5.09. The number of aryl methyl sites for hydroxylation is 1. The number of hydrogen-bond acceptors (Lipinski definition) is 6. The molecule has 0 amide bonds. The maximum absolute atomic E-state index is 8.61. The Kier molecular flexibility index (Phi) is 3.33. The maximum atomic E-state index is 8.61. The summed E-state index contributed by atoms with van der Waals surface area (Å²) in [4.78, 5) is 12.0. The molecule has 0 aliphatic carbocycles. The average molecular weight is 245 g/mol. The third kappa shape index (κ3) is 2.70. The van der Waals surface area contributed by atoms with Crippen LogP contribution in [0.1, 0.15) is 11.4 Å². The summed E-state index contributed by atoms with van der Waals surface area (Å²) in [5.74, 6) is 0.407. The van der Waals surface area contributed by atoms with Crippen molar-refractivity contribution in [2.45, 2.75) is 6.92 Å². The van der Waals surface area contributed by atoms with E-state index in [-0.39, 0.29) is 11.8 Å². The molecule has 3 N–H and O–H groups in total. The molecular formula is C11H11N5O2. The maximum Gasteiger partial charge on any atom is 0.322 e. The lowest BCUT2D eigenvalue weighted by Crippen LogP contribution is -2.16. The lowest BCUT2D eigenvalue weighted by Gasteiger charge is -2.05. The SMILES string of the molecule is Cc1cc(/C(N)=N/O)nc(Oc2cccnc2)n1. The number of nitrogens with zero attached hydrogens (tertiary/aromatic N) is 4. The molecule has 0 radical (unpaired) electrons. The average Bonchev–Trinajstić information content (AvgIpc) is 2.38. The molecule has 0 bridgehead atoms. The highest BCUT2D eigenvalue weighted by Gasteiger charge is 2.08. The Morgan fingerprint density at radius 1 is 1.44 bits per heavy atom. The van der Waals surface area contributed by atoms with Crippen molar-refractivity contribution in [1.82, 2.24) is 15.0 Å². The largest absolute Gasteiger partial charge is 0.423 e. The normalized spacial score (nSPS) is 11.3. The molecule has 2 aromatic heterocycles. The van der Waals surface area contributed by atoms with Gasteiger partial charge >= 0.3 is 6.01 Å². The minimum atomic E-state index is -0.100. The molecule has 0 aliphatic heterocycles. The fourth-order valence-electron chi connectivity index (χ4n) is 1.28. The molecular weight excluding hydrogens is 234 g/mol. The molecule has 0 spiro atoms. The van der Waals surface area contributed by atoms with Gasteiger partial charge in [0.2, 0.25) is 0 Å². The van der Waals surface area contributed by atoms with E-state index in [9.17, 15) is 0 Å². The van der Waals surface area contributed by atoms with E-state index in [2.05, 4.69) is 20.1 Å². The van der Waals surface area contributed by atoms with E-state index in [1.807, 2.05) is 0 Å². The third-order valence-electron chi connectivity index (χ3n) is 2.05. The molecule has 0 fully saturated rings. The number of rotatable bonds is 3. The highest BCUT2D eigenvalue weighted by molar-refractivity contribution is 5.95. The van der Waals surface area contributed by atoms with Crippen molar-refractivity contribution in [3.05, 3.63) is 42.0 Å². The minimum Gasteiger partial charge on any atom is -0.423 e. The summed E-state index contributed by atoms with van der Waals surface area (Å²) in [6, 6.07) is 5.16. The third-order valence-corrected chi connectivity index (χ3v) is 2.05. The molecule has 0 aliphatic rings. The van der Waals surface area contributed by atoms with Crippen LogP contribution in [0.5, 0.6) is 11.8 Å². The molecule has 92 valence electrons. The van der Waals surface area contributed by atoms with Gasteiger partial charge in [0, 0.05) is 11.9 Å². The van der Waals surface area contributed by atoms with Gasteiger partial charge in [-0.05, 0) is 25.1 Å². The van der Waals surface area contributed by atoms with Crippen molar-refractivity contribution in [3.8, 4) is 11.8 Å². The number of ether oxygens (including phenoxy) is 1. The number of oxime groups is 1. The predicted molar refractivity (Wildman–Crippen MR) is 63.6 cm³/mol. The first-order chi connectivity index (χ1) is 8.69. The van der Waals surface area contributed by atoms with Crippen molar-refractivity contribution < 1.29 is 9.94 Å². The lowest BCUT2D eigenvalue weighted by atomic mass is 10.3. The summed E-state index contributed by atoms with van der Waals surface area (Å²) >= 11 is 0. The minimum absolute atomic E-state index is 0.100. The Labute approximate surface area is 103 Å². The molecule has 2 aromatic rings. The Morgan fingerprint density at radius 2 is 2.28 bits per heavy atom. The topological polar surface area (TPSA) is 107 Å². The summed E-state index contributed by atoms with van der Waals surface area (Å²) in [5, 5.41) is 11.5. The fraction of sp³-hybridized carbons (Fsp3) is 0.0909. The monoisotopic (exact) mass is 245 g/mol. The fourth-order valence-corrected chi connectivity index (χ4v) is 1.28. The van der Waals surface area contributed by atoms with Crippen molar-refractivity contribution in [1.29, 1.82) is 0 Å². The first-order valence-electron chi connectivity index (χ1n) is 5.10. The van der Waals surface area contributed by atoms with E-state index < -0.39 is 0 Å². The van der Waals surface area contributed by atoms with Gasteiger partial charge in [-0.1, -0.05) is 5.16 Å². The summed E-state index contributed by atoms with van der Waals surface area (Å²) in [6.07, 6.45) is 3.17. The van der Waals surface area contributed by atoms with Gasteiger partial charge in [-0.25, -0.2) is 4.98 Å². The molecule has 0 unspecified atom stereocenters. The lowest BCUT2D eigenvalue weighted by molar-refractivity contribution is 0.318. The van der Waals surface area contributed by atoms with E-state index >= 15 is 0 Å². The van der Waals surface area contributed by atoms with E-state index in [1.54, 1.807) is 31.3 Å². The number of pyridine rings is 1. The van der Waals surface area contributed by atoms with E-state index in [0.717, 1.165) is 0 Å². The Hall–Kier alpha value is -2.70.